The maximum absolute atomic E-state index is 5.94. The molecule has 0 unspecified atom stereocenters. The van der Waals surface area contributed by atoms with E-state index in [2.05, 4.69) is 37.1 Å². The van der Waals surface area contributed by atoms with Gasteiger partial charge in [-0.05, 0) is 31.9 Å². The van der Waals surface area contributed by atoms with Gasteiger partial charge in [-0.2, -0.15) is 10.1 Å². The third-order valence-corrected chi connectivity index (χ3v) is 4.90. The second kappa shape index (κ2) is 7.05. The first-order valence-corrected chi connectivity index (χ1v) is 8.88. The monoisotopic (exact) mass is 344 g/mol. The number of hydrogen-bond donors (Lipinski definition) is 0. The number of likely N-dealkylation sites (N-methyl/N-ethyl adjacent to an activating group) is 1. The number of rotatable bonds is 6. The zero-order chi connectivity index (χ0) is 17.2. The van der Waals surface area contributed by atoms with Crippen LogP contribution >= 0.6 is 0 Å². The Hall–Kier alpha value is -2.06. The van der Waals surface area contributed by atoms with Crippen molar-refractivity contribution >= 4 is 5.82 Å². The summed E-state index contributed by atoms with van der Waals surface area (Å²) in [5, 5.41) is 12.2. The van der Waals surface area contributed by atoms with Gasteiger partial charge in [-0.15, -0.1) is 5.10 Å². The van der Waals surface area contributed by atoms with Gasteiger partial charge in [0.15, 0.2) is 11.6 Å². The molecule has 0 amide bonds. The average molecular weight is 344 g/mol. The van der Waals surface area contributed by atoms with Gasteiger partial charge in [-0.25, -0.2) is 0 Å². The van der Waals surface area contributed by atoms with Crippen molar-refractivity contribution < 1.29 is 9.26 Å². The molecule has 0 bridgehead atoms. The fraction of sp³-hybridized carbons (Fsp3) is 0.647. The van der Waals surface area contributed by atoms with Gasteiger partial charge < -0.3 is 14.2 Å². The zero-order valence-electron chi connectivity index (χ0n) is 14.7. The fourth-order valence-corrected chi connectivity index (χ4v) is 3.18. The standard InChI is InChI=1S/C17H24N6O2/c1-12(17-19-16(21-25-17)13-5-6-13)23-8-9-24-14(11-23)10-22(2)15-4-3-7-18-20-15/h3-4,7,12-14H,5-6,8-11H2,1-2H3/t12-,14+/m0/s1. The van der Waals surface area contributed by atoms with E-state index >= 15 is 0 Å². The van der Waals surface area contributed by atoms with Gasteiger partial charge in [0, 0.05) is 38.8 Å². The molecule has 3 heterocycles. The Morgan fingerprint density at radius 1 is 1.40 bits per heavy atom. The maximum Gasteiger partial charge on any atom is 0.243 e. The van der Waals surface area contributed by atoms with E-state index in [0.29, 0.717) is 18.4 Å². The highest BCUT2D eigenvalue weighted by atomic mass is 16.5. The third kappa shape index (κ3) is 3.80. The molecule has 1 aliphatic carbocycles. The van der Waals surface area contributed by atoms with Gasteiger partial charge >= 0.3 is 0 Å². The molecule has 2 fully saturated rings. The van der Waals surface area contributed by atoms with Crippen molar-refractivity contribution in [1.29, 1.82) is 0 Å². The molecule has 1 saturated carbocycles. The number of anilines is 1. The molecule has 1 aliphatic heterocycles. The van der Waals surface area contributed by atoms with Gasteiger partial charge in [0.05, 0.1) is 18.8 Å². The molecule has 2 aromatic rings. The zero-order valence-corrected chi connectivity index (χ0v) is 14.7. The number of morpholine rings is 1. The minimum Gasteiger partial charge on any atom is -0.374 e. The summed E-state index contributed by atoms with van der Waals surface area (Å²) >= 11 is 0. The minimum atomic E-state index is 0.105. The fourth-order valence-electron chi connectivity index (χ4n) is 3.18. The molecule has 0 aromatic carbocycles. The Balaban J connectivity index is 1.36. The second-order valence-electron chi connectivity index (χ2n) is 6.89. The highest BCUT2D eigenvalue weighted by Gasteiger charge is 2.32. The molecule has 0 spiro atoms. The average Bonchev–Trinajstić information content (AvgIpc) is 3.39. The highest BCUT2D eigenvalue weighted by Crippen LogP contribution is 2.38. The molecule has 8 nitrogen and oxygen atoms in total. The van der Waals surface area contributed by atoms with Crippen molar-refractivity contribution in [3.63, 3.8) is 0 Å². The van der Waals surface area contributed by atoms with Crippen molar-refractivity contribution in [3.8, 4) is 0 Å². The van der Waals surface area contributed by atoms with Crippen LogP contribution in [-0.2, 0) is 4.74 Å². The van der Waals surface area contributed by atoms with Gasteiger partial charge in [0.1, 0.15) is 0 Å². The van der Waals surface area contributed by atoms with E-state index in [-0.39, 0.29) is 12.1 Å². The topological polar surface area (TPSA) is 80.4 Å². The molecule has 2 aromatic heterocycles. The van der Waals surface area contributed by atoms with E-state index in [0.717, 1.165) is 31.3 Å². The summed E-state index contributed by atoms with van der Waals surface area (Å²) in [6.45, 7) is 5.28. The van der Waals surface area contributed by atoms with Crippen molar-refractivity contribution in [2.75, 3.05) is 38.2 Å². The van der Waals surface area contributed by atoms with Crippen LogP contribution in [0.5, 0.6) is 0 Å². The van der Waals surface area contributed by atoms with Crippen LogP contribution in [0.3, 0.4) is 0 Å². The Labute approximate surface area is 147 Å². The lowest BCUT2D eigenvalue weighted by Crippen LogP contribution is -2.47. The van der Waals surface area contributed by atoms with Crippen molar-refractivity contribution in [3.05, 3.63) is 30.0 Å². The number of nitrogens with zero attached hydrogens (tertiary/aromatic N) is 6. The molecule has 25 heavy (non-hydrogen) atoms. The van der Waals surface area contributed by atoms with Gasteiger partial charge in [0.2, 0.25) is 5.89 Å². The largest absolute Gasteiger partial charge is 0.374 e. The molecule has 0 N–H and O–H groups in total. The van der Waals surface area contributed by atoms with Crippen LogP contribution in [0.1, 0.15) is 43.4 Å². The summed E-state index contributed by atoms with van der Waals surface area (Å²) in [6.07, 6.45) is 4.15. The first-order chi connectivity index (χ1) is 12.2. The molecule has 4 rings (SSSR count). The molecule has 2 atom stereocenters. The lowest BCUT2D eigenvalue weighted by Gasteiger charge is -2.37. The normalized spacial score (nSPS) is 22.7. The molecule has 1 saturated heterocycles. The van der Waals surface area contributed by atoms with E-state index in [1.165, 1.54) is 12.8 Å². The molecule has 2 aliphatic rings. The Bertz CT molecular complexity index is 689. The van der Waals surface area contributed by atoms with Crippen molar-refractivity contribution in [2.45, 2.75) is 37.8 Å². The lowest BCUT2D eigenvalue weighted by atomic mass is 10.2. The van der Waals surface area contributed by atoms with E-state index in [1.54, 1.807) is 6.20 Å². The van der Waals surface area contributed by atoms with Gasteiger partial charge in [-0.3, -0.25) is 4.90 Å². The lowest BCUT2D eigenvalue weighted by molar-refractivity contribution is -0.0408. The molecular formula is C17H24N6O2. The van der Waals surface area contributed by atoms with Crippen LogP contribution in [0.15, 0.2) is 22.9 Å². The highest BCUT2D eigenvalue weighted by molar-refractivity contribution is 5.35. The van der Waals surface area contributed by atoms with E-state index in [1.807, 2.05) is 19.2 Å². The Morgan fingerprint density at radius 3 is 3.04 bits per heavy atom. The summed E-state index contributed by atoms with van der Waals surface area (Å²) in [5.74, 6) is 2.95. The number of hydrogen-bond acceptors (Lipinski definition) is 8. The molecule has 0 radical (unpaired) electrons. The first-order valence-electron chi connectivity index (χ1n) is 8.88. The van der Waals surface area contributed by atoms with E-state index < -0.39 is 0 Å². The van der Waals surface area contributed by atoms with Crippen LogP contribution in [0.25, 0.3) is 0 Å². The van der Waals surface area contributed by atoms with Crippen molar-refractivity contribution in [1.82, 2.24) is 25.2 Å². The van der Waals surface area contributed by atoms with Gasteiger partial charge in [0.25, 0.3) is 0 Å². The van der Waals surface area contributed by atoms with Crippen LogP contribution in [0.4, 0.5) is 5.82 Å². The summed E-state index contributed by atoms with van der Waals surface area (Å²) in [5.41, 5.74) is 0. The van der Waals surface area contributed by atoms with Crippen LogP contribution < -0.4 is 4.90 Å². The quantitative estimate of drug-likeness (QED) is 0.782. The SMILES string of the molecule is C[C@@H](c1nc(C2CC2)no1)N1CCO[C@H](CN(C)c2cccnn2)C1. The third-order valence-electron chi connectivity index (χ3n) is 4.90. The minimum absolute atomic E-state index is 0.105. The number of ether oxygens (including phenoxy) is 1. The summed E-state index contributed by atoms with van der Waals surface area (Å²) in [4.78, 5) is 9.02. The smallest absolute Gasteiger partial charge is 0.243 e. The van der Waals surface area contributed by atoms with Crippen molar-refractivity contribution in [2.24, 2.45) is 0 Å². The molecule has 134 valence electrons. The Kier molecular flexibility index (Phi) is 4.63. The van der Waals surface area contributed by atoms with Crippen LogP contribution in [-0.4, -0.2) is 64.6 Å². The summed E-state index contributed by atoms with van der Waals surface area (Å²) in [6, 6.07) is 3.95. The van der Waals surface area contributed by atoms with E-state index in [4.69, 9.17) is 9.26 Å². The first kappa shape index (κ1) is 16.4. The summed E-state index contributed by atoms with van der Waals surface area (Å²) < 4.78 is 11.4. The molecule has 8 heteroatoms. The van der Waals surface area contributed by atoms with Crippen LogP contribution in [0.2, 0.25) is 0 Å². The van der Waals surface area contributed by atoms with E-state index in [9.17, 15) is 0 Å². The van der Waals surface area contributed by atoms with Gasteiger partial charge in [-0.1, -0.05) is 5.16 Å². The van der Waals surface area contributed by atoms with Crippen LogP contribution in [0, 0.1) is 0 Å². The molecular weight excluding hydrogens is 320 g/mol. The Morgan fingerprint density at radius 2 is 2.28 bits per heavy atom. The second-order valence-corrected chi connectivity index (χ2v) is 6.89. The summed E-state index contributed by atoms with van der Waals surface area (Å²) in [7, 11) is 2.01. The maximum atomic E-state index is 5.94. The predicted molar refractivity (Wildman–Crippen MR) is 91.3 cm³/mol. The number of aromatic nitrogens is 4. The predicted octanol–water partition coefficient (Wildman–Crippen LogP) is 1.64.